The second kappa shape index (κ2) is 9.41. The molecule has 1 amide bonds. The third-order valence-corrected chi connectivity index (χ3v) is 5.30. The number of benzene rings is 2. The van der Waals surface area contributed by atoms with Gasteiger partial charge in [-0.2, -0.15) is 5.10 Å². The molecular formula is C24H26N4O2. The first kappa shape index (κ1) is 19.9. The standard InChI is InChI=1S/C24H26N4O2/c25-22-10-8-19(9-11-22)24(29)27-26-17-21-7-6-20(16-18-4-2-1-3-5-18)23(21)28-12-14-30-15-13-28/h1-5,8-11,16-17H,6-7,12-15,25H2,(H,27,29)/b20-16?,26-17-. The first-order valence-electron chi connectivity index (χ1n) is 10.2. The zero-order chi connectivity index (χ0) is 20.8. The smallest absolute Gasteiger partial charge is 0.271 e. The van der Waals surface area contributed by atoms with Crippen LogP contribution in [0.1, 0.15) is 28.8 Å². The van der Waals surface area contributed by atoms with Gasteiger partial charge in [-0.25, -0.2) is 5.43 Å². The number of ether oxygens (including phenoxy) is 1. The van der Waals surface area contributed by atoms with E-state index in [1.807, 2.05) is 6.07 Å². The molecule has 0 aromatic heterocycles. The van der Waals surface area contributed by atoms with E-state index in [2.05, 4.69) is 45.8 Å². The van der Waals surface area contributed by atoms with Gasteiger partial charge in [0.1, 0.15) is 0 Å². The summed E-state index contributed by atoms with van der Waals surface area (Å²) in [5.74, 6) is -0.252. The fourth-order valence-corrected chi connectivity index (χ4v) is 3.79. The number of nitrogens with two attached hydrogens (primary N) is 1. The maximum absolute atomic E-state index is 12.3. The van der Waals surface area contributed by atoms with Gasteiger partial charge in [0.15, 0.2) is 0 Å². The molecule has 4 rings (SSSR count). The lowest BCUT2D eigenvalue weighted by atomic mass is 10.1. The Morgan fingerprint density at radius 3 is 2.50 bits per heavy atom. The van der Waals surface area contributed by atoms with Gasteiger partial charge in [-0.1, -0.05) is 30.3 Å². The third kappa shape index (κ3) is 4.78. The van der Waals surface area contributed by atoms with Crippen molar-refractivity contribution in [2.24, 2.45) is 5.10 Å². The number of anilines is 1. The Morgan fingerprint density at radius 1 is 1.03 bits per heavy atom. The van der Waals surface area contributed by atoms with Gasteiger partial charge in [-0.3, -0.25) is 4.79 Å². The zero-order valence-corrected chi connectivity index (χ0v) is 16.9. The zero-order valence-electron chi connectivity index (χ0n) is 16.9. The molecule has 1 fully saturated rings. The van der Waals surface area contributed by atoms with Crippen LogP contribution in [0.4, 0.5) is 5.69 Å². The number of hydrogen-bond acceptors (Lipinski definition) is 5. The Balaban J connectivity index is 1.55. The van der Waals surface area contributed by atoms with E-state index in [0.29, 0.717) is 11.3 Å². The summed E-state index contributed by atoms with van der Waals surface area (Å²) < 4.78 is 5.53. The van der Waals surface area contributed by atoms with Crippen molar-refractivity contribution in [1.29, 1.82) is 0 Å². The number of allylic oxidation sites excluding steroid dienone is 2. The highest BCUT2D eigenvalue weighted by Gasteiger charge is 2.25. The highest BCUT2D eigenvalue weighted by atomic mass is 16.5. The molecule has 6 nitrogen and oxygen atoms in total. The summed E-state index contributed by atoms with van der Waals surface area (Å²) in [7, 11) is 0. The Kier molecular flexibility index (Phi) is 6.25. The summed E-state index contributed by atoms with van der Waals surface area (Å²) >= 11 is 0. The molecule has 0 atom stereocenters. The highest BCUT2D eigenvalue weighted by molar-refractivity contribution is 5.95. The van der Waals surface area contributed by atoms with Crippen molar-refractivity contribution in [2.75, 3.05) is 32.0 Å². The summed E-state index contributed by atoms with van der Waals surface area (Å²) in [6.45, 7) is 3.16. The van der Waals surface area contributed by atoms with Crippen LogP contribution in [0.2, 0.25) is 0 Å². The van der Waals surface area contributed by atoms with Gasteiger partial charge in [0.25, 0.3) is 5.91 Å². The number of hydrogen-bond donors (Lipinski definition) is 2. The number of carbonyl (C=O) groups excluding carboxylic acids is 1. The molecule has 1 saturated heterocycles. The lowest BCUT2D eigenvalue weighted by molar-refractivity contribution is 0.0548. The number of carbonyl (C=O) groups is 1. The molecule has 0 bridgehead atoms. The summed E-state index contributed by atoms with van der Waals surface area (Å²) in [6.07, 6.45) is 5.88. The van der Waals surface area contributed by atoms with Crippen LogP contribution >= 0.6 is 0 Å². The molecule has 3 N–H and O–H groups in total. The van der Waals surface area contributed by atoms with Crippen LogP contribution in [0.15, 0.2) is 76.5 Å². The van der Waals surface area contributed by atoms with Crippen LogP contribution in [0.5, 0.6) is 0 Å². The van der Waals surface area contributed by atoms with Crippen molar-refractivity contribution in [3.63, 3.8) is 0 Å². The molecule has 1 heterocycles. The average molecular weight is 402 g/mol. The van der Waals surface area contributed by atoms with E-state index in [-0.39, 0.29) is 5.91 Å². The normalized spacial score (nSPS) is 18.4. The lowest BCUT2D eigenvalue weighted by Crippen LogP contribution is -2.36. The van der Waals surface area contributed by atoms with E-state index in [9.17, 15) is 4.79 Å². The molecule has 6 heteroatoms. The second-order valence-corrected chi connectivity index (χ2v) is 7.37. The molecule has 2 aromatic carbocycles. The van der Waals surface area contributed by atoms with Crippen molar-refractivity contribution < 1.29 is 9.53 Å². The van der Waals surface area contributed by atoms with E-state index in [1.165, 1.54) is 16.8 Å². The number of morpholine rings is 1. The fraction of sp³-hybridized carbons (Fsp3) is 0.250. The van der Waals surface area contributed by atoms with E-state index in [4.69, 9.17) is 10.5 Å². The number of nitrogens with one attached hydrogen (secondary N) is 1. The van der Waals surface area contributed by atoms with Gasteiger partial charge in [0.2, 0.25) is 0 Å². The number of nitrogens with zero attached hydrogens (tertiary/aromatic N) is 2. The highest BCUT2D eigenvalue weighted by Crippen LogP contribution is 2.34. The molecule has 0 saturated carbocycles. The molecule has 0 radical (unpaired) electrons. The van der Waals surface area contributed by atoms with E-state index in [0.717, 1.165) is 44.7 Å². The van der Waals surface area contributed by atoms with Crippen molar-refractivity contribution in [1.82, 2.24) is 10.3 Å². The Bertz CT molecular complexity index is 972. The van der Waals surface area contributed by atoms with Crippen molar-refractivity contribution in [2.45, 2.75) is 12.8 Å². The Hall–Kier alpha value is -3.38. The number of rotatable bonds is 5. The molecule has 0 unspecified atom stereocenters. The third-order valence-electron chi connectivity index (χ3n) is 5.30. The SMILES string of the molecule is Nc1ccc(C(=O)N/N=C\C2=C(N3CCOCC3)C(=Cc3ccccc3)CC2)cc1. The summed E-state index contributed by atoms with van der Waals surface area (Å²) in [4.78, 5) is 14.7. The quantitative estimate of drug-likeness (QED) is 0.456. The largest absolute Gasteiger partial charge is 0.399 e. The first-order chi connectivity index (χ1) is 14.7. The minimum Gasteiger partial charge on any atom is -0.399 e. The minimum atomic E-state index is -0.252. The van der Waals surface area contributed by atoms with Crippen molar-refractivity contribution in [3.05, 3.63) is 82.6 Å². The minimum absolute atomic E-state index is 0.252. The van der Waals surface area contributed by atoms with Crippen molar-refractivity contribution >= 4 is 23.9 Å². The Morgan fingerprint density at radius 2 is 1.77 bits per heavy atom. The van der Waals surface area contributed by atoms with Gasteiger partial charge in [0, 0.05) is 30.0 Å². The van der Waals surface area contributed by atoms with Gasteiger partial charge in [0.05, 0.1) is 19.4 Å². The van der Waals surface area contributed by atoms with Crippen LogP contribution in [0, 0.1) is 0 Å². The van der Waals surface area contributed by atoms with Gasteiger partial charge < -0.3 is 15.4 Å². The van der Waals surface area contributed by atoms with Crippen LogP contribution in [-0.2, 0) is 4.74 Å². The molecule has 30 heavy (non-hydrogen) atoms. The van der Waals surface area contributed by atoms with Crippen LogP contribution < -0.4 is 11.2 Å². The Labute approximate surface area is 176 Å². The molecule has 1 aliphatic heterocycles. The van der Waals surface area contributed by atoms with E-state index in [1.54, 1.807) is 30.5 Å². The van der Waals surface area contributed by atoms with Crippen molar-refractivity contribution in [3.8, 4) is 0 Å². The number of amides is 1. The van der Waals surface area contributed by atoms with Gasteiger partial charge in [-0.15, -0.1) is 0 Å². The molecule has 154 valence electrons. The first-order valence-corrected chi connectivity index (χ1v) is 10.2. The second-order valence-electron chi connectivity index (χ2n) is 7.37. The lowest BCUT2D eigenvalue weighted by Gasteiger charge is -2.31. The number of nitrogen functional groups attached to an aromatic ring is 1. The maximum atomic E-state index is 12.3. The van der Waals surface area contributed by atoms with Crippen LogP contribution in [0.25, 0.3) is 6.08 Å². The monoisotopic (exact) mass is 402 g/mol. The number of hydrazone groups is 1. The van der Waals surface area contributed by atoms with E-state index < -0.39 is 0 Å². The van der Waals surface area contributed by atoms with Gasteiger partial charge in [-0.05, 0) is 59.9 Å². The molecule has 1 aliphatic carbocycles. The summed E-state index contributed by atoms with van der Waals surface area (Å²) in [5.41, 5.74) is 14.3. The predicted molar refractivity (Wildman–Crippen MR) is 120 cm³/mol. The predicted octanol–water partition coefficient (Wildman–Crippen LogP) is 3.45. The summed E-state index contributed by atoms with van der Waals surface area (Å²) in [5, 5.41) is 4.24. The van der Waals surface area contributed by atoms with Crippen LogP contribution in [-0.4, -0.2) is 43.3 Å². The van der Waals surface area contributed by atoms with Crippen LogP contribution in [0.3, 0.4) is 0 Å². The molecule has 2 aromatic rings. The summed E-state index contributed by atoms with van der Waals surface area (Å²) in [6, 6.07) is 17.1. The fourth-order valence-electron chi connectivity index (χ4n) is 3.79. The van der Waals surface area contributed by atoms with Gasteiger partial charge >= 0.3 is 0 Å². The maximum Gasteiger partial charge on any atom is 0.271 e. The molecule has 0 spiro atoms. The average Bonchev–Trinajstić information content (AvgIpc) is 3.17. The molecule has 2 aliphatic rings. The topological polar surface area (TPSA) is 80.0 Å². The molecular weight excluding hydrogens is 376 g/mol. The van der Waals surface area contributed by atoms with E-state index >= 15 is 0 Å².